The van der Waals surface area contributed by atoms with Crippen LogP contribution in [0.1, 0.15) is 10.4 Å². The number of benzene rings is 1. The zero-order chi connectivity index (χ0) is 12.3. The van der Waals surface area contributed by atoms with Crippen LogP contribution in [-0.2, 0) is 0 Å². The average molecular weight is 249 g/mol. The highest BCUT2D eigenvalue weighted by molar-refractivity contribution is 8.13. The van der Waals surface area contributed by atoms with E-state index in [9.17, 15) is 14.9 Å². The van der Waals surface area contributed by atoms with Gasteiger partial charge in [0.15, 0.2) is 5.04 Å². The van der Waals surface area contributed by atoms with Gasteiger partial charge in [0.25, 0.3) is 11.9 Å². The van der Waals surface area contributed by atoms with Gasteiger partial charge in [-0.25, -0.2) is 4.40 Å². The minimum absolute atomic E-state index is 0.101. The topological polar surface area (TPSA) is 84.9 Å². The van der Waals surface area contributed by atoms with E-state index in [2.05, 4.69) is 9.39 Å². The van der Waals surface area contributed by atoms with Crippen molar-refractivity contribution in [1.29, 1.82) is 0 Å². The number of amides is 1. The molecular formula is C10H7N3O3S. The molecule has 0 aromatic heterocycles. The molecule has 0 bridgehead atoms. The van der Waals surface area contributed by atoms with Crippen molar-refractivity contribution < 1.29 is 9.72 Å². The Hall–Kier alpha value is -2.02. The Labute approximate surface area is 101 Å². The molecule has 0 N–H and O–H groups in total. The molecule has 1 amide bonds. The first-order chi connectivity index (χ1) is 8.18. The molecule has 0 spiro atoms. The smallest absolute Gasteiger partial charge is 0.267 e. The molecule has 17 heavy (non-hydrogen) atoms. The lowest BCUT2D eigenvalue weighted by molar-refractivity contribution is -0.482. The molecule has 2 rings (SSSR count). The molecule has 0 fully saturated rings. The molecule has 1 aromatic carbocycles. The maximum absolute atomic E-state index is 11.7. The quantitative estimate of drug-likeness (QED) is 0.452. The second kappa shape index (κ2) is 4.88. The van der Waals surface area contributed by atoms with E-state index in [-0.39, 0.29) is 5.04 Å². The molecule has 0 saturated heterocycles. The number of hydrogen-bond acceptors (Lipinski definition) is 5. The van der Waals surface area contributed by atoms with E-state index in [1.165, 1.54) is 6.21 Å². The van der Waals surface area contributed by atoms with Gasteiger partial charge in [-0.1, -0.05) is 18.2 Å². The lowest BCUT2D eigenvalue weighted by Crippen LogP contribution is -2.26. The summed E-state index contributed by atoms with van der Waals surface area (Å²) in [5.41, 5.74) is 0.398. The molecule has 1 aliphatic heterocycles. The largest absolute Gasteiger partial charge is 0.298 e. The first-order valence-corrected chi connectivity index (χ1v) is 5.48. The molecule has 0 radical (unpaired) electrons. The first kappa shape index (κ1) is 11.5. The van der Waals surface area contributed by atoms with E-state index >= 15 is 0 Å². The number of rotatable bonds is 2. The van der Waals surface area contributed by atoms with Crippen molar-refractivity contribution in [2.45, 2.75) is 6.04 Å². The maximum Gasteiger partial charge on any atom is 0.298 e. The molecule has 0 saturated carbocycles. The third-order valence-corrected chi connectivity index (χ3v) is 2.81. The number of carbonyl (C=O) groups is 1. The monoisotopic (exact) mass is 249 g/mol. The van der Waals surface area contributed by atoms with Crippen LogP contribution in [-0.4, -0.2) is 28.1 Å². The Bertz CT molecular complexity index is 513. The lowest BCUT2D eigenvalue weighted by Gasteiger charge is -1.99. The first-order valence-electron chi connectivity index (χ1n) is 4.70. The van der Waals surface area contributed by atoms with Gasteiger partial charge >= 0.3 is 0 Å². The van der Waals surface area contributed by atoms with E-state index < -0.39 is 16.9 Å². The summed E-state index contributed by atoms with van der Waals surface area (Å²) in [6.07, 6.45) is 1.17. The van der Waals surface area contributed by atoms with Crippen LogP contribution in [0, 0.1) is 10.1 Å². The predicted molar refractivity (Wildman–Crippen MR) is 65.1 cm³/mol. The molecule has 1 atom stereocenters. The molecule has 1 aliphatic rings. The van der Waals surface area contributed by atoms with Crippen molar-refractivity contribution in [3.63, 3.8) is 0 Å². The summed E-state index contributed by atoms with van der Waals surface area (Å²) in [4.78, 5) is 25.5. The van der Waals surface area contributed by atoms with Gasteiger partial charge in [0.2, 0.25) is 0 Å². The number of hydrogen-bond donors (Lipinski definition) is 0. The van der Waals surface area contributed by atoms with Gasteiger partial charge < -0.3 is 0 Å². The number of nitrogens with zero attached hydrogens (tertiary/aromatic N) is 3. The lowest BCUT2D eigenvalue weighted by atomic mass is 10.2. The van der Waals surface area contributed by atoms with Crippen LogP contribution >= 0.6 is 11.9 Å². The van der Waals surface area contributed by atoms with Crippen molar-refractivity contribution in [1.82, 2.24) is 0 Å². The predicted octanol–water partition coefficient (Wildman–Crippen LogP) is 1.60. The highest BCUT2D eigenvalue weighted by Gasteiger charge is 2.31. The number of carbonyl (C=O) groups excluding carboxylic acids is 1. The fourth-order valence-corrected chi connectivity index (χ4v) is 1.90. The second-order valence-electron chi connectivity index (χ2n) is 3.20. The van der Waals surface area contributed by atoms with Gasteiger partial charge in [-0.2, -0.15) is 4.99 Å². The minimum atomic E-state index is -1.10. The molecular weight excluding hydrogens is 242 g/mol. The van der Waals surface area contributed by atoms with Gasteiger partial charge in [0.05, 0.1) is 6.21 Å². The van der Waals surface area contributed by atoms with Crippen LogP contribution in [0.3, 0.4) is 0 Å². The van der Waals surface area contributed by atoms with Crippen LogP contribution in [0.5, 0.6) is 0 Å². The van der Waals surface area contributed by atoms with Crippen LogP contribution in [0.15, 0.2) is 39.7 Å². The molecule has 1 unspecified atom stereocenters. The van der Waals surface area contributed by atoms with E-state index in [1.807, 2.05) is 0 Å². The van der Waals surface area contributed by atoms with Gasteiger partial charge in [-0.05, 0) is 12.1 Å². The third kappa shape index (κ3) is 2.56. The fourth-order valence-electron chi connectivity index (χ4n) is 1.24. The Morgan fingerprint density at radius 2 is 2.12 bits per heavy atom. The van der Waals surface area contributed by atoms with Crippen molar-refractivity contribution >= 4 is 29.1 Å². The Balaban J connectivity index is 2.21. The second-order valence-corrected chi connectivity index (χ2v) is 4.01. The summed E-state index contributed by atoms with van der Waals surface area (Å²) in [6, 6.07) is 7.29. The van der Waals surface area contributed by atoms with Gasteiger partial charge in [-0.15, -0.1) is 0 Å². The zero-order valence-corrected chi connectivity index (χ0v) is 9.33. The summed E-state index contributed by atoms with van der Waals surface area (Å²) >= 11 is 0.859. The summed E-state index contributed by atoms with van der Waals surface area (Å²) < 4.78 is 3.68. The van der Waals surface area contributed by atoms with Crippen molar-refractivity contribution in [3.8, 4) is 0 Å². The van der Waals surface area contributed by atoms with E-state index in [1.54, 1.807) is 30.3 Å². The molecule has 1 aromatic rings. The van der Waals surface area contributed by atoms with Gasteiger partial charge in [0.1, 0.15) is 0 Å². The van der Waals surface area contributed by atoms with Crippen molar-refractivity contribution in [2.75, 3.05) is 0 Å². The van der Waals surface area contributed by atoms with Crippen LogP contribution in [0.4, 0.5) is 0 Å². The highest BCUT2D eigenvalue weighted by Crippen LogP contribution is 2.18. The van der Waals surface area contributed by atoms with E-state index in [4.69, 9.17) is 0 Å². The summed E-state index contributed by atoms with van der Waals surface area (Å²) in [6.45, 7) is 0. The number of nitro groups is 1. The summed E-state index contributed by atoms with van der Waals surface area (Å²) in [5, 5.41) is 10.7. The number of aliphatic imine (C=N–C) groups is 1. The molecule has 7 heteroatoms. The van der Waals surface area contributed by atoms with Crippen LogP contribution in [0.2, 0.25) is 0 Å². The summed E-state index contributed by atoms with van der Waals surface area (Å²) in [7, 11) is 0. The maximum atomic E-state index is 11.7. The van der Waals surface area contributed by atoms with Crippen molar-refractivity contribution in [3.05, 3.63) is 46.0 Å². The molecule has 1 heterocycles. The Kier molecular flexibility index (Phi) is 3.29. The Morgan fingerprint density at radius 3 is 2.76 bits per heavy atom. The van der Waals surface area contributed by atoms with Crippen LogP contribution in [0.25, 0.3) is 0 Å². The normalized spacial score (nSPS) is 20.7. The standard InChI is InChI=1S/C10H7N3O3S/c14-9(7-4-2-1-3-5-7)12-10-8(13(15)16)6-11-17-10/h1-6,8H. The van der Waals surface area contributed by atoms with E-state index in [0.717, 1.165) is 11.9 Å². The zero-order valence-electron chi connectivity index (χ0n) is 8.52. The molecule has 6 nitrogen and oxygen atoms in total. The van der Waals surface area contributed by atoms with Crippen molar-refractivity contribution in [2.24, 2.45) is 9.39 Å². The minimum Gasteiger partial charge on any atom is -0.267 e. The van der Waals surface area contributed by atoms with Gasteiger partial charge in [-0.3, -0.25) is 14.9 Å². The molecule has 0 aliphatic carbocycles. The third-order valence-electron chi connectivity index (χ3n) is 2.06. The molecule has 86 valence electrons. The highest BCUT2D eigenvalue weighted by atomic mass is 32.2. The van der Waals surface area contributed by atoms with Gasteiger partial charge in [0, 0.05) is 22.4 Å². The van der Waals surface area contributed by atoms with E-state index in [0.29, 0.717) is 5.56 Å². The van der Waals surface area contributed by atoms with Crippen LogP contribution < -0.4 is 0 Å². The average Bonchev–Trinajstić information content (AvgIpc) is 2.78. The summed E-state index contributed by atoms with van der Waals surface area (Å²) in [5.74, 6) is -0.495. The SMILES string of the molecule is O=C(N=C1SN=CC1[N+](=O)[O-])c1ccccc1. The Morgan fingerprint density at radius 1 is 1.41 bits per heavy atom. The fraction of sp³-hybridized carbons (Fsp3) is 0.100.